The fourth-order valence-corrected chi connectivity index (χ4v) is 3.26. The maximum Gasteiger partial charge on any atom is 0.0832 e. The van der Waals surface area contributed by atoms with Crippen molar-refractivity contribution in [3.05, 3.63) is 34.9 Å². The molecule has 2 N–H and O–H groups in total. The Morgan fingerprint density at radius 1 is 1.15 bits per heavy atom. The van der Waals surface area contributed by atoms with Crippen LogP contribution < -0.4 is 5.73 Å². The van der Waals surface area contributed by atoms with E-state index < -0.39 is 0 Å². The maximum atomic E-state index is 6.49. The maximum absolute atomic E-state index is 6.49. The van der Waals surface area contributed by atoms with E-state index in [1.54, 1.807) is 7.11 Å². The van der Waals surface area contributed by atoms with Gasteiger partial charge in [0, 0.05) is 18.2 Å². The van der Waals surface area contributed by atoms with E-state index in [1.165, 1.54) is 18.4 Å². The molecule has 1 aliphatic carbocycles. The summed E-state index contributed by atoms with van der Waals surface area (Å²) in [6.45, 7) is 4.66. The van der Waals surface area contributed by atoms with Crippen molar-refractivity contribution < 1.29 is 4.74 Å². The first-order valence-electron chi connectivity index (χ1n) is 7.42. The number of hydrogen-bond acceptors (Lipinski definition) is 2. The molecule has 20 heavy (non-hydrogen) atoms. The SMILES string of the molecule is COC1(C(N)Cc2ccc(Cl)cc2)CCC(C)(C)CC1. The zero-order chi connectivity index (χ0) is 14.8. The molecular weight excluding hydrogens is 270 g/mol. The highest BCUT2D eigenvalue weighted by molar-refractivity contribution is 6.30. The van der Waals surface area contributed by atoms with Crippen molar-refractivity contribution in [3.63, 3.8) is 0 Å². The summed E-state index contributed by atoms with van der Waals surface area (Å²) in [5, 5.41) is 0.767. The summed E-state index contributed by atoms with van der Waals surface area (Å²) < 4.78 is 5.88. The van der Waals surface area contributed by atoms with Gasteiger partial charge in [-0.1, -0.05) is 37.6 Å². The van der Waals surface area contributed by atoms with Crippen molar-refractivity contribution in [2.75, 3.05) is 7.11 Å². The molecule has 1 aliphatic rings. The van der Waals surface area contributed by atoms with E-state index in [9.17, 15) is 0 Å². The van der Waals surface area contributed by atoms with Crippen molar-refractivity contribution in [2.45, 2.75) is 57.6 Å². The van der Waals surface area contributed by atoms with Crippen molar-refractivity contribution in [1.82, 2.24) is 0 Å². The van der Waals surface area contributed by atoms with Crippen molar-refractivity contribution >= 4 is 11.6 Å². The lowest BCUT2D eigenvalue weighted by Gasteiger charge is -2.46. The topological polar surface area (TPSA) is 35.2 Å². The molecule has 1 aromatic rings. The number of halogens is 1. The average Bonchev–Trinajstić information content (AvgIpc) is 2.42. The number of hydrogen-bond donors (Lipinski definition) is 1. The number of ether oxygens (including phenoxy) is 1. The third kappa shape index (κ3) is 3.55. The van der Waals surface area contributed by atoms with Gasteiger partial charge in [0.2, 0.25) is 0 Å². The van der Waals surface area contributed by atoms with Gasteiger partial charge in [0.25, 0.3) is 0 Å². The molecule has 2 nitrogen and oxygen atoms in total. The normalized spacial score (nSPS) is 22.4. The standard InChI is InChI=1S/C17H26ClNO/c1-16(2)8-10-17(20-3,11-9-16)15(19)12-13-4-6-14(18)7-5-13/h4-7,15H,8-12,19H2,1-3H3. The van der Waals surface area contributed by atoms with Crippen LogP contribution in [0.1, 0.15) is 45.1 Å². The van der Waals surface area contributed by atoms with Gasteiger partial charge in [-0.05, 0) is 55.2 Å². The van der Waals surface area contributed by atoms with Crippen LogP contribution in [0.25, 0.3) is 0 Å². The van der Waals surface area contributed by atoms with E-state index in [1.807, 2.05) is 12.1 Å². The molecule has 0 amide bonds. The minimum Gasteiger partial charge on any atom is -0.377 e. The third-order valence-electron chi connectivity index (χ3n) is 4.90. The lowest BCUT2D eigenvalue weighted by molar-refractivity contribution is -0.0781. The zero-order valence-corrected chi connectivity index (χ0v) is 13.5. The van der Waals surface area contributed by atoms with Crippen LogP contribution in [-0.2, 0) is 11.2 Å². The summed E-state index contributed by atoms with van der Waals surface area (Å²) >= 11 is 5.93. The minimum atomic E-state index is -0.171. The smallest absolute Gasteiger partial charge is 0.0832 e. The Hall–Kier alpha value is -0.570. The molecule has 112 valence electrons. The molecule has 0 bridgehead atoms. The van der Waals surface area contributed by atoms with E-state index in [0.29, 0.717) is 5.41 Å². The van der Waals surface area contributed by atoms with E-state index in [2.05, 4.69) is 26.0 Å². The van der Waals surface area contributed by atoms with E-state index in [0.717, 1.165) is 24.3 Å². The first kappa shape index (κ1) is 15.8. The van der Waals surface area contributed by atoms with Crippen LogP contribution in [-0.4, -0.2) is 18.8 Å². The fraction of sp³-hybridized carbons (Fsp3) is 0.647. The van der Waals surface area contributed by atoms with Crippen LogP contribution >= 0.6 is 11.6 Å². The predicted octanol–water partition coefficient (Wildman–Crippen LogP) is 4.20. The Balaban J connectivity index is 2.06. The van der Waals surface area contributed by atoms with Gasteiger partial charge >= 0.3 is 0 Å². The fourth-order valence-electron chi connectivity index (χ4n) is 3.14. The van der Waals surface area contributed by atoms with E-state index in [-0.39, 0.29) is 11.6 Å². The molecule has 1 atom stereocenters. The molecule has 3 heteroatoms. The Labute approximate surface area is 127 Å². The van der Waals surface area contributed by atoms with Crippen LogP contribution in [0, 0.1) is 5.41 Å². The van der Waals surface area contributed by atoms with Crippen molar-refractivity contribution in [3.8, 4) is 0 Å². The molecule has 0 heterocycles. The predicted molar refractivity (Wildman–Crippen MR) is 85.1 cm³/mol. The highest BCUT2D eigenvalue weighted by atomic mass is 35.5. The molecule has 2 rings (SSSR count). The van der Waals surface area contributed by atoms with E-state index in [4.69, 9.17) is 22.1 Å². The van der Waals surface area contributed by atoms with Gasteiger partial charge in [0.15, 0.2) is 0 Å². The van der Waals surface area contributed by atoms with Crippen LogP contribution in [0.5, 0.6) is 0 Å². The number of rotatable bonds is 4. The van der Waals surface area contributed by atoms with Gasteiger partial charge in [-0.25, -0.2) is 0 Å². The summed E-state index contributed by atoms with van der Waals surface area (Å²) in [5.74, 6) is 0. The molecular formula is C17H26ClNO. The summed E-state index contributed by atoms with van der Waals surface area (Å²) in [6, 6.07) is 7.99. The Bertz CT molecular complexity index is 431. The molecule has 0 spiro atoms. The molecule has 1 fully saturated rings. The molecule has 0 radical (unpaired) electrons. The summed E-state index contributed by atoms with van der Waals surface area (Å²) in [4.78, 5) is 0. The van der Waals surface area contributed by atoms with Gasteiger partial charge in [-0.3, -0.25) is 0 Å². The molecule has 1 saturated carbocycles. The van der Waals surface area contributed by atoms with E-state index >= 15 is 0 Å². The van der Waals surface area contributed by atoms with Crippen molar-refractivity contribution in [2.24, 2.45) is 11.1 Å². The molecule has 0 aliphatic heterocycles. The first-order valence-corrected chi connectivity index (χ1v) is 7.80. The molecule has 0 aromatic heterocycles. The second-order valence-corrected chi connectivity index (χ2v) is 7.31. The summed E-state index contributed by atoms with van der Waals surface area (Å²) in [7, 11) is 1.81. The second-order valence-electron chi connectivity index (χ2n) is 6.87. The molecule has 0 saturated heterocycles. The lowest BCUT2D eigenvalue weighted by Crippen LogP contribution is -2.53. The van der Waals surface area contributed by atoms with Crippen LogP contribution in [0.2, 0.25) is 5.02 Å². The van der Waals surface area contributed by atoms with Gasteiger partial charge in [0.1, 0.15) is 0 Å². The Morgan fingerprint density at radius 3 is 2.20 bits per heavy atom. The number of methoxy groups -OCH3 is 1. The highest BCUT2D eigenvalue weighted by Crippen LogP contribution is 2.43. The lowest BCUT2D eigenvalue weighted by atomic mass is 9.68. The van der Waals surface area contributed by atoms with Crippen LogP contribution in [0.15, 0.2) is 24.3 Å². The quantitative estimate of drug-likeness (QED) is 0.904. The zero-order valence-electron chi connectivity index (χ0n) is 12.8. The molecule has 1 unspecified atom stereocenters. The second kappa shape index (κ2) is 6.05. The highest BCUT2D eigenvalue weighted by Gasteiger charge is 2.42. The number of benzene rings is 1. The summed E-state index contributed by atoms with van der Waals surface area (Å²) in [5.41, 5.74) is 7.97. The van der Waals surface area contributed by atoms with Crippen molar-refractivity contribution in [1.29, 1.82) is 0 Å². The molecule has 1 aromatic carbocycles. The van der Waals surface area contributed by atoms with Gasteiger partial charge in [0.05, 0.1) is 5.60 Å². The monoisotopic (exact) mass is 295 g/mol. The first-order chi connectivity index (χ1) is 9.37. The van der Waals surface area contributed by atoms with Gasteiger partial charge < -0.3 is 10.5 Å². The van der Waals surface area contributed by atoms with Gasteiger partial charge in [-0.15, -0.1) is 0 Å². The van der Waals surface area contributed by atoms with Gasteiger partial charge in [-0.2, -0.15) is 0 Å². The number of nitrogens with two attached hydrogens (primary N) is 1. The average molecular weight is 296 g/mol. The Kier molecular flexibility index (Phi) is 4.78. The third-order valence-corrected chi connectivity index (χ3v) is 5.15. The minimum absolute atomic E-state index is 0.0322. The van der Waals surface area contributed by atoms with Crippen LogP contribution in [0.4, 0.5) is 0 Å². The summed E-state index contributed by atoms with van der Waals surface area (Å²) in [6.07, 6.45) is 5.28. The van der Waals surface area contributed by atoms with Crippen LogP contribution in [0.3, 0.4) is 0 Å². The largest absolute Gasteiger partial charge is 0.377 e. The Morgan fingerprint density at radius 2 is 1.70 bits per heavy atom.